The van der Waals surface area contributed by atoms with Gasteiger partial charge in [0.05, 0.1) is 17.6 Å². The Bertz CT molecular complexity index is 762. The number of nitrogens with zero attached hydrogens (tertiary/aromatic N) is 2. The van der Waals surface area contributed by atoms with Gasteiger partial charge in [0, 0.05) is 11.8 Å². The fourth-order valence-electron chi connectivity index (χ4n) is 3.70. The Kier molecular flexibility index (Phi) is 11.6. The van der Waals surface area contributed by atoms with E-state index in [4.69, 9.17) is 16.7 Å². The summed E-state index contributed by atoms with van der Waals surface area (Å²) in [6, 6.07) is 8.25. The lowest BCUT2D eigenvalue weighted by atomic mass is 9.97. The molecule has 0 fully saturated rings. The number of aliphatic carboxylic acids is 1. The zero-order valence-electron chi connectivity index (χ0n) is 19.0. The lowest BCUT2D eigenvalue weighted by molar-refractivity contribution is -0.137. The third kappa shape index (κ3) is 9.39. The van der Waals surface area contributed by atoms with Crippen LogP contribution >= 0.6 is 11.6 Å². The van der Waals surface area contributed by atoms with Crippen LogP contribution in [0.3, 0.4) is 0 Å². The summed E-state index contributed by atoms with van der Waals surface area (Å²) in [6.45, 7) is 4.14. The van der Waals surface area contributed by atoms with Crippen LogP contribution in [0, 0.1) is 5.92 Å². The Labute approximate surface area is 192 Å². The van der Waals surface area contributed by atoms with Gasteiger partial charge in [0.25, 0.3) is 0 Å². The van der Waals surface area contributed by atoms with Crippen molar-refractivity contribution < 1.29 is 9.90 Å². The minimum Gasteiger partial charge on any atom is -0.480 e. The number of alkyl halides is 1. The average Bonchev–Trinajstić information content (AvgIpc) is 2.79. The molecule has 0 aliphatic carbocycles. The molecule has 0 aliphatic rings. The summed E-state index contributed by atoms with van der Waals surface area (Å²) >= 11 is 5.91. The van der Waals surface area contributed by atoms with E-state index >= 15 is 0 Å². The number of rotatable bonds is 15. The van der Waals surface area contributed by atoms with Crippen molar-refractivity contribution in [3.05, 3.63) is 47.9 Å². The van der Waals surface area contributed by atoms with Gasteiger partial charge in [-0.3, -0.25) is 14.8 Å². The van der Waals surface area contributed by atoms with Crippen LogP contribution in [0.4, 0.5) is 0 Å². The maximum absolute atomic E-state index is 11.0. The summed E-state index contributed by atoms with van der Waals surface area (Å²) in [7, 11) is 0. The average molecular weight is 445 g/mol. The van der Waals surface area contributed by atoms with Crippen molar-refractivity contribution in [1.29, 1.82) is 0 Å². The predicted molar refractivity (Wildman–Crippen MR) is 129 cm³/mol. The number of halogens is 1. The maximum Gasteiger partial charge on any atom is 0.321 e. The van der Waals surface area contributed by atoms with Crippen LogP contribution in [0.2, 0.25) is 0 Å². The van der Waals surface area contributed by atoms with Crippen molar-refractivity contribution in [2.45, 2.75) is 89.9 Å². The van der Waals surface area contributed by atoms with E-state index in [1.165, 1.54) is 56.9 Å². The zero-order chi connectivity index (χ0) is 22.5. The Balaban J connectivity index is 1.74. The lowest BCUT2D eigenvalue weighted by Crippen LogP contribution is -2.22. The number of unbranched alkanes of at least 4 members (excludes halogenated alkanes) is 7. The van der Waals surface area contributed by atoms with Gasteiger partial charge in [-0.1, -0.05) is 83.1 Å². The molecule has 2 unspecified atom stereocenters. The molecule has 0 aliphatic heterocycles. The van der Waals surface area contributed by atoms with Gasteiger partial charge in [-0.2, -0.15) is 0 Å². The van der Waals surface area contributed by atoms with Gasteiger partial charge in [0.1, 0.15) is 5.38 Å². The summed E-state index contributed by atoms with van der Waals surface area (Å²) in [6.07, 6.45) is 16.9. The summed E-state index contributed by atoms with van der Waals surface area (Å²) in [5.74, 6) is -1.02. The lowest BCUT2D eigenvalue weighted by Gasteiger charge is -2.14. The summed E-state index contributed by atoms with van der Waals surface area (Å²) in [4.78, 5) is 20.2. The molecule has 2 aromatic rings. The van der Waals surface area contributed by atoms with Gasteiger partial charge in [-0.25, -0.2) is 0 Å². The molecule has 1 N–H and O–H groups in total. The van der Waals surface area contributed by atoms with Crippen molar-refractivity contribution in [1.82, 2.24) is 9.97 Å². The highest BCUT2D eigenvalue weighted by Gasteiger charge is 2.21. The molecule has 170 valence electrons. The molecule has 1 heterocycles. The van der Waals surface area contributed by atoms with Gasteiger partial charge in [0.2, 0.25) is 0 Å². The molecule has 0 saturated carbocycles. The number of aromatic nitrogens is 2. The van der Waals surface area contributed by atoms with E-state index in [-0.39, 0.29) is 5.92 Å². The highest BCUT2D eigenvalue weighted by Crippen LogP contribution is 2.21. The molecular formula is C26H37ClN2O2. The molecule has 2 atom stereocenters. The smallest absolute Gasteiger partial charge is 0.321 e. The van der Waals surface area contributed by atoms with Crippen LogP contribution in [-0.4, -0.2) is 26.4 Å². The second-order valence-electron chi connectivity index (χ2n) is 8.57. The van der Waals surface area contributed by atoms with Gasteiger partial charge in [0.15, 0.2) is 0 Å². The van der Waals surface area contributed by atoms with E-state index in [9.17, 15) is 4.79 Å². The quantitative estimate of drug-likeness (QED) is 0.235. The third-order valence-electron chi connectivity index (χ3n) is 5.87. The molecule has 0 radical (unpaired) electrons. The highest BCUT2D eigenvalue weighted by molar-refractivity contribution is 6.29. The molecular weight excluding hydrogens is 408 g/mol. The Morgan fingerprint density at radius 2 is 1.58 bits per heavy atom. The minimum atomic E-state index is -0.950. The summed E-state index contributed by atoms with van der Waals surface area (Å²) in [5.41, 5.74) is 4.16. The van der Waals surface area contributed by atoms with Crippen LogP contribution in [0.15, 0.2) is 36.7 Å². The van der Waals surface area contributed by atoms with Gasteiger partial charge in [-0.15, -0.1) is 11.6 Å². The number of hydrogen-bond acceptors (Lipinski definition) is 3. The summed E-state index contributed by atoms with van der Waals surface area (Å²) < 4.78 is 0. The standard InChI is InChI=1S/C26H37ClN2O2/c1-3-4-5-6-7-8-9-10-11-23-18-29-24(19-28-23)22-16-14-21(15-17-22)13-12-20(2)25(27)26(30)31/h14-20,25H,3-13H2,1-2H3,(H,30,31). The molecule has 4 nitrogen and oxygen atoms in total. The van der Waals surface area contributed by atoms with E-state index in [0.717, 1.165) is 36.2 Å². The first kappa shape index (κ1) is 25.3. The van der Waals surface area contributed by atoms with Crippen LogP contribution in [0.5, 0.6) is 0 Å². The van der Waals surface area contributed by atoms with Crippen LogP contribution in [0.25, 0.3) is 11.3 Å². The Hall–Kier alpha value is -1.94. The topological polar surface area (TPSA) is 63.1 Å². The van der Waals surface area contributed by atoms with Crippen LogP contribution in [-0.2, 0) is 17.6 Å². The monoisotopic (exact) mass is 444 g/mol. The SMILES string of the molecule is CCCCCCCCCCc1cnc(-c2ccc(CCC(C)C(Cl)C(=O)O)cc2)cn1. The number of aryl methyl sites for hydroxylation is 2. The number of carboxylic acid groups (broad SMARTS) is 1. The summed E-state index contributed by atoms with van der Waals surface area (Å²) in [5, 5.41) is 8.16. The predicted octanol–water partition coefficient (Wildman–Crippen LogP) is 7.09. The second kappa shape index (κ2) is 14.2. The molecule has 0 amide bonds. The molecule has 0 bridgehead atoms. The molecule has 2 rings (SSSR count). The highest BCUT2D eigenvalue weighted by atomic mass is 35.5. The molecule has 5 heteroatoms. The Morgan fingerprint density at radius 1 is 0.935 bits per heavy atom. The first-order chi connectivity index (χ1) is 15.0. The molecule has 1 aromatic heterocycles. The van der Waals surface area contributed by atoms with Gasteiger partial charge in [-0.05, 0) is 37.2 Å². The van der Waals surface area contributed by atoms with E-state index in [2.05, 4.69) is 41.2 Å². The first-order valence-electron chi connectivity index (χ1n) is 11.8. The van der Waals surface area contributed by atoms with E-state index in [1.54, 1.807) is 0 Å². The fourth-order valence-corrected chi connectivity index (χ4v) is 3.83. The first-order valence-corrected chi connectivity index (χ1v) is 12.2. The third-order valence-corrected chi connectivity index (χ3v) is 6.48. The molecule has 31 heavy (non-hydrogen) atoms. The minimum absolute atomic E-state index is 0.0710. The van der Waals surface area contributed by atoms with Crippen LogP contribution in [0.1, 0.15) is 82.9 Å². The second-order valence-corrected chi connectivity index (χ2v) is 9.04. The Morgan fingerprint density at radius 3 is 2.16 bits per heavy atom. The van der Waals surface area contributed by atoms with Gasteiger partial charge < -0.3 is 5.11 Å². The number of hydrogen-bond donors (Lipinski definition) is 1. The zero-order valence-corrected chi connectivity index (χ0v) is 19.8. The van der Waals surface area contributed by atoms with Gasteiger partial charge >= 0.3 is 5.97 Å². The van der Waals surface area contributed by atoms with Crippen molar-refractivity contribution in [2.75, 3.05) is 0 Å². The molecule has 1 aromatic carbocycles. The fraction of sp³-hybridized carbons (Fsp3) is 0.577. The molecule has 0 saturated heterocycles. The molecule has 0 spiro atoms. The van der Waals surface area contributed by atoms with Crippen LogP contribution < -0.4 is 0 Å². The number of carbonyl (C=O) groups is 1. The van der Waals surface area contributed by atoms with Crippen molar-refractivity contribution >= 4 is 17.6 Å². The van der Waals surface area contributed by atoms with E-state index < -0.39 is 11.3 Å². The normalized spacial score (nSPS) is 13.1. The van der Waals surface area contributed by atoms with E-state index in [0.29, 0.717) is 0 Å². The van der Waals surface area contributed by atoms with Crippen molar-refractivity contribution in [2.24, 2.45) is 5.92 Å². The van der Waals surface area contributed by atoms with E-state index in [1.807, 2.05) is 19.3 Å². The number of benzene rings is 1. The largest absolute Gasteiger partial charge is 0.480 e. The maximum atomic E-state index is 11.0. The van der Waals surface area contributed by atoms with Crippen molar-refractivity contribution in [3.8, 4) is 11.3 Å². The van der Waals surface area contributed by atoms with Crippen molar-refractivity contribution in [3.63, 3.8) is 0 Å². The number of carboxylic acids is 1.